The summed E-state index contributed by atoms with van der Waals surface area (Å²) in [6.45, 7) is 4.54. The van der Waals surface area contributed by atoms with Crippen LogP contribution in [-0.4, -0.2) is 22.2 Å². The molecule has 1 amide bonds. The highest BCUT2D eigenvalue weighted by Crippen LogP contribution is 2.27. The molecule has 0 aliphatic carbocycles. The van der Waals surface area contributed by atoms with Gasteiger partial charge in [-0.2, -0.15) is 5.10 Å². The molecule has 6 heteroatoms. The minimum absolute atomic E-state index is 0.319. The SMILES string of the molecule is CCCn1nc(C(=O)NN)c2c1CCN(c1ccccc1)C2. The van der Waals surface area contributed by atoms with Gasteiger partial charge in [0.15, 0.2) is 5.69 Å². The van der Waals surface area contributed by atoms with Gasteiger partial charge in [0.05, 0.1) is 0 Å². The molecule has 3 rings (SSSR count). The number of anilines is 1. The van der Waals surface area contributed by atoms with Crippen LogP contribution in [0.25, 0.3) is 0 Å². The lowest BCUT2D eigenvalue weighted by Gasteiger charge is -2.29. The van der Waals surface area contributed by atoms with Gasteiger partial charge in [0.25, 0.3) is 5.91 Å². The number of carbonyl (C=O) groups excluding carboxylic acids is 1. The van der Waals surface area contributed by atoms with Crippen molar-refractivity contribution in [2.45, 2.75) is 32.9 Å². The number of hydrogen-bond donors (Lipinski definition) is 2. The van der Waals surface area contributed by atoms with E-state index in [1.807, 2.05) is 22.9 Å². The normalized spacial score (nSPS) is 13.8. The summed E-state index contributed by atoms with van der Waals surface area (Å²) in [5.41, 5.74) is 5.97. The van der Waals surface area contributed by atoms with Crippen molar-refractivity contribution in [3.8, 4) is 0 Å². The highest BCUT2D eigenvalue weighted by Gasteiger charge is 2.27. The number of fused-ring (bicyclic) bond motifs is 1. The summed E-state index contributed by atoms with van der Waals surface area (Å²) >= 11 is 0. The largest absolute Gasteiger partial charge is 0.367 e. The Morgan fingerprint density at radius 3 is 2.82 bits per heavy atom. The number of rotatable bonds is 4. The number of hydrazine groups is 1. The number of amides is 1. The van der Waals surface area contributed by atoms with Crippen LogP contribution >= 0.6 is 0 Å². The Kier molecular flexibility index (Phi) is 4.11. The first-order valence-electron chi connectivity index (χ1n) is 7.64. The van der Waals surface area contributed by atoms with Crippen LogP contribution in [0.2, 0.25) is 0 Å². The molecule has 0 atom stereocenters. The fraction of sp³-hybridized carbons (Fsp3) is 0.375. The summed E-state index contributed by atoms with van der Waals surface area (Å²) in [5, 5.41) is 4.48. The quantitative estimate of drug-likeness (QED) is 0.509. The molecule has 0 spiro atoms. The van der Waals surface area contributed by atoms with Gasteiger partial charge < -0.3 is 4.90 Å². The summed E-state index contributed by atoms with van der Waals surface area (Å²) in [6.07, 6.45) is 1.87. The molecule has 22 heavy (non-hydrogen) atoms. The average molecular weight is 299 g/mol. The molecule has 2 aromatic rings. The molecule has 116 valence electrons. The lowest BCUT2D eigenvalue weighted by molar-refractivity contribution is 0.0947. The predicted molar refractivity (Wildman–Crippen MR) is 85.4 cm³/mol. The van der Waals surface area contributed by atoms with Gasteiger partial charge in [0.2, 0.25) is 0 Å². The van der Waals surface area contributed by atoms with Crippen molar-refractivity contribution in [2.75, 3.05) is 11.4 Å². The third kappa shape index (κ3) is 2.57. The van der Waals surface area contributed by atoms with Crippen LogP contribution < -0.4 is 16.2 Å². The van der Waals surface area contributed by atoms with Crippen LogP contribution in [0.1, 0.15) is 35.1 Å². The fourth-order valence-corrected chi connectivity index (χ4v) is 3.00. The van der Waals surface area contributed by atoms with Crippen LogP contribution in [0.5, 0.6) is 0 Å². The van der Waals surface area contributed by atoms with E-state index in [4.69, 9.17) is 5.84 Å². The van der Waals surface area contributed by atoms with E-state index in [2.05, 4.69) is 34.5 Å². The second-order valence-electron chi connectivity index (χ2n) is 5.48. The highest BCUT2D eigenvalue weighted by atomic mass is 16.2. The lowest BCUT2D eigenvalue weighted by atomic mass is 10.0. The van der Waals surface area contributed by atoms with Gasteiger partial charge in [-0.3, -0.25) is 14.9 Å². The van der Waals surface area contributed by atoms with Gasteiger partial charge in [-0.1, -0.05) is 25.1 Å². The van der Waals surface area contributed by atoms with Crippen LogP contribution in [-0.2, 0) is 19.5 Å². The number of nitrogen functional groups attached to an aromatic ring is 1. The first-order chi connectivity index (χ1) is 10.7. The van der Waals surface area contributed by atoms with Gasteiger partial charge in [-0.15, -0.1) is 0 Å². The third-order valence-electron chi connectivity index (χ3n) is 4.04. The van der Waals surface area contributed by atoms with Crippen molar-refractivity contribution < 1.29 is 4.79 Å². The molecule has 3 N–H and O–H groups in total. The van der Waals surface area contributed by atoms with Crippen molar-refractivity contribution in [1.82, 2.24) is 15.2 Å². The van der Waals surface area contributed by atoms with Crippen LogP contribution in [0, 0.1) is 0 Å². The second-order valence-corrected chi connectivity index (χ2v) is 5.48. The monoisotopic (exact) mass is 299 g/mol. The third-order valence-corrected chi connectivity index (χ3v) is 4.04. The number of nitrogens with zero attached hydrogens (tertiary/aromatic N) is 3. The molecule has 0 bridgehead atoms. The molecule has 1 aromatic heterocycles. The molecule has 0 saturated heterocycles. The van der Waals surface area contributed by atoms with Crippen molar-refractivity contribution >= 4 is 11.6 Å². The van der Waals surface area contributed by atoms with Gasteiger partial charge in [0, 0.05) is 43.0 Å². The smallest absolute Gasteiger partial charge is 0.286 e. The number of hydrogen-bond acceptors (Lipinski definition) is 4. The van der Waals surface area contributed by atoms with E-state index in [0.717, 1.165) is 42.9 Å². The molecule has 0 saturated carbocycles. The Balaban J connectivity index is 1.96. The maximum atomic E-state index is 12.0. The summed E-state index contributed by atoms with van der Waals surface area (Å²) < 4.78 is 1.96. The van der Waals surface area contributed by atoms with Gasteiger partial charge in [-0.25, -0.2) is 5.84 Å². The van der Waals surface area contributed by atoms with Crippen LogP contribution in [0.4, 0.5) is 5.69 Å². The maximum absolute atomic E-state index is 12.0. The zero-order chi connectivity index (χ0) is 15.5. The van der Waals surface area contributed by atoms with E-state index < -0.39 is 0 Å². The molecule has 1 aromatic carbocycles. The van der Waals surface area contributed by atoms with Gasteiger partial charge >= 0.3 is 0 Å². The van der Waals surface area contributed by atoms with Gasteiger partial charge in [0.1, 0.15) is 0 Å². The van der Waals surface area contributed by atoms with Gasteiger partial charge in [-0.05, 0) is 18.6 Å². The lowest BCUT2D eigenvalue weighted by Crippen LogP contribution is -2.34. The molecule has 1 aliphatic rings. The predicted octanol–water partition coefficient (Wildman–Crippen LogP) is 1.46. The number of para-hydroxylation sites is 1. The van der Waals surface area contributed by atoms with Crippen molar-refractivity contribution in [2.24, 2.45) is 5.84 Å². The Bertz CT molecular complexity index is 665. The highest BCUT2D eigenvalue weighted by molar-refractivity contribution is 5.93. The molecule has 0 fully saturated rings. The average Bonchev–Trinajstić information content (AvgIpc) is 2.93. The Labute approximate surface area is 129 Å². The number of benzene rings is 1. The van der Waals surface area contributed by atoms with E-state index >= 15 is 0 Å². The second kappa shape index (κ2) is 6.19. The summed E-state index contributed by atoms with van der Waals surface area (Å²) in [5.74, 6) is 4.99. The summed E-state index contributed by atoms with van der Waals surface area (Å²) in [7, 11) is 0. The number of nitrogens with one attached hydrogen (secondary N) is 1. The minimum atomic E-state index is -0.319. The van der Waals surface area contributed by atoms with Crippen molar-refractivity contribution in [3.63, 3.8) is 0 Å². The summed E-state index contributed by atoms with van der Waals surface area (Å²) in [4.78, 5) is 14.3. The van der Waals surface area contributed by atoms with E-state index in [1.54, 1.807) is 0 Å². The molecular weight excluding hydrogens is 278 g/mol. The molecule has 6 nitrogen and oxygen atoms in total. The van der Waals surface area contributed by atoms with E-state index in [1.165, 1.54) is 0 Å². The molecule has 0 unspecified atom stereocenters. The zero-order valence-corrected chi connectivity index (χ0v) is 12.7. The minimum Gasteiger partial charge on any atom is -0.367 e. The zero-order valence-electron chi connectivity index (χ0n) is 12.7. The van der Waals surface area contributed by atoms with Crippen LogP contribution in [0.15, 0.2) is 30.3 Å². The van der Waals surface area contributed by atoms with E-state index in [9.17, 15) is 4.79 Å². The summed E-state index contributed by atoms with van der Waals surface area (Å²) in [6, 6.07) is 10.2. The Hall–Kier alpha value is -2.34. The number of nitrogens with two attached hydrogens (primary N) is 1. The van der Waals surface area contributed by atoms with Crippen molar-refractivity contribution in [1.29, 1.82) is 0 Å². The number of aromatic nitrogens is 2. The first-order valence-corrected chi connectivity index (χ1v) is 7.64. The molecule has 1 aliphatic heterocycles. The molecular formula is C16H21N5O. The van der Waals surface area contributed by atoms with E-state index in [0.29, 0.717) is 12.2 Å². The topological polar surface area (TPSA) is 76.2 Å². The molecule has 2 heterocycles. The fourth-order valence-electron chi connectivity index (χ4n) is 3.00. The van der Waals surface area contributed by atoms with Crippen molar-refractivity contribution in [3.05, 3.63) is 47.3 Å². The maximum Gasteiger partial charge on any atom is 0.286 e. The van der Waals surface area contributed by atoms with E-state index in [-0.39, 0.29) is 5.91 Å². The Morgan fingerprint density at radius 2 is 2.14 bits per heavy atom. The number of aryl methyl sites for hydroxylation is 1. The van der Waals surface area contributed by atoms with Crippen LogP contribution in [0.3, 0.4) is 0 Å². The first kappa shape index (κ1) is 14.6. The Morgan fingerprint density at radius 1 is 1.36 bits per heavy atom. The standard InChI is InChI=1S/C16H21N5O/c1-2-9-21-14-8-10-20(12-6-4-3-5-7-12)11-13(14)15(19-21)16(22)18-17/h3-7H,2,8-11,17H2,1H3,(H,18,22). The molecule has 0 radical (unpaired) electrons. The number of carbonyl (C=O) groups is 1.